The first kappa shape index (κ1) is 21.0. The van der Waals surface area contributed by atoms with Crippen molar-refractivity contribution < 1.29 is 9.59 Å². The number of imide groups is 1. The average molecular weight is 453 g/mol. The van der Waals surface area contributed by atoms with Crippen molar-refractivity contribution in [2.24, 2.45) is 0 Å². The number of H-pyrrole nitrogens is 1. The summed E-state index contributed by atoms with van der Waals surface area (Å²) in [5.41, 5.74) is 2.86. The van der Waals surface area contributed by atoms with Gasteiger partial charge in [-0.05, 0) is 67.6 Å². The van der Waals surface area contributed by atoms with E-state index in [-0.39, 0.29) is 17.9 Å². The number of piperidine rings is 2. The zero-order chi connectivity index (χ0) is 22.2. The number of rotatable bonds is 4. The Hall–Kier alpha value is -2.90. The fraction of sp³-hybridized carbons (Fsp3) is 0.375. The van der Waals surface area contributed by atoms with Crippen molar-refractivity contribution in [2.75, 3.05) is 13.1 Å². The second kappa shape index (κ2) is 8.56. The molecule has 1 unspecified atom stereocenters. The number of aromatic nitrogens is 2. The molecule has 2 fully saturated rings. The minimum Gasteiger partial charge on any atom is -0.299 e. The van der Waals surface area contributed by atoms with Crippen molar-refractivity contribution in [1.82, 2.24) is 20.0 Å². The van der Waals surface area contributed by atoms with Crippen molar-refractivity contribution in [3.05, 3.63) is 69.0 Å². The van der Waals surface area contributed by atoms with E-state index in [2.05, 4.69) is 21.4 Å². The highest BCUT2D eigenvalue weighted by atomic mass is 35.5. The van der Waals surface area contributed by atoms with E-state index in [0.29, 0.717) is 17.7 Å². The Labute approximate surface area is 190 Å². The summed E-state index contributed by atoms with van der Waals surface area (Å²) in [5.74, 6) is -0.302. The summed E-state index contributed by atoms with van der Waals surface area (Å²) in [7, 11) is 0. The molecule has 0 radical (unpaired) electrons. The number of aromatic amines is 1. The van der Waals surface area contributed by atoms with Crippen LogP contribution in [0.1, 0.15) is 48.8 Å². The molecule has 166 valence electrons. The van der Waals surface area contributed by atoms with E-state index in [1.165, 1.54) is 10.2 Å². The minimum absolute atomic E-state index is 0.226. The molecule has 2 aliphatic heterocycles. The number of nitrogens with one attached hydrogen (secondary N) is 2. The summed E-state index contributed by atoms with van der Waals surface area (Å²) < 4.78 is 1.36. The third-order valence-electron chi connectivity index (χ3n) is 6.67. The van der Waals surface area contributed by atoms with E-state index >= 15 is 0 Å². The SMILES string of the molecule is O=C1CCC(n2[nH]c3cc(C4CCN(Cc5ccccc5Cl)CC4)ccc3c2=O)C(=O)N1. The molecule has 2 saturated heterocycles. The summed E-state index contributed by atoms with van der Waals surface area (Å²) in [6.45, 7) is 2.83. The van der Waals surface area contributed by atoms with E-state index in [4.69, 9.17) is 11.6 Å². The Morgan fingerprint density at radius 3 is 2.53 bits per heavy atom. The van der Waals surface area contributed by atoms with E-state index in [1.54, 1.807) is 0 Å². The monoisotopic (exact) mass is 452 g/mol. The number of carbonyl (C=O) groups is 2. The minimum atomic E-state index is -0.677. The van der Waals surface area contributed by atoms with Crippen LogP contribution >= 0.6 is 11.6 Å². The summed E-state index contributed by atoms with van der Waals surface area (Å²) in [6, 6.07) is 13.2. The largest absolute Gasteiger partial charge is 0.299 e. The molecule has 2 N–H and O–H groups in total. The van der Waals surface area contributed by atoms with Crippen LogP contribution in [0.15, 0.2) is 47.3 Å². The summed E-state index contributed by atoms with van der Waals surface area (Å²) in [5, 5.41) is 6.80. The van der Waals surface area contributed by atoms with Crippen LogP contribution in [0.25, 0.3) is 10.9 Å². The molecule has 3 aromatic rings. The molecule has 0 spiro atoms. The standard InChI is InChI=1S/C24H25ClN4O3/c25-19-4-2-1-3-17(19)14-28-11-9-15(10-12-28)16-5-6-18-20(13-16)27-29(24(18)32)21-7-8-22(30)26-23(21)31/h1-6,13,15,21,27H,7-12,14H2,(H,26,30,31). The van der Waals surface area contributed by atoms with Crippen LogP contribution in [0.3, 0.4) is 0 Å². The van der Waals surface area contributed by atoms with Crippen LogP contribution in [-0.2, 0) is 16.1 Å². The number of hydrogen-bond donors (Lipinski definition) is 2. The zero-order valence-corrected chi connectivity index (χ0v) is 18.4. The van der Waals surface area contributed by atoms with Crippen molar-refractivity contribution in [2.45, 2.75) is 44.2 Å². The maximum absolute atomic E-state index is 12.8. The topological polar surface area (TPSA) is 87.2 Å². The Kier molecular flexibility index (Phi) is 5.61. The first-order valence-corrected chi connectivity index (χ1v) is 11.4. The maximum atomic E-state index is 12.8. The molecule has 2 aromatic carbocycles. The molecule has 0 bridgehead atoms. The zero-order valence-electron chi connectivity index (χ0n) is 17.6. The van der Waals surface area contributed by atoms with Gasteiger partial charge in [0.1, 0.15) is 6.04 Å². The van der Waals surface area contributed by atoms with E-state index < -0.39 is 11.9 Å². The smallest absolute Gasteiger partial charge is 0.275 e. The van der Waals surface area contributed by atoms with Gasteiger partial charge in [-0.1, -0.05) is 35.9 Å². The van der Waals surface area contributed by atoms with Crippen LogP contribution in [0.4, 0.5) is 0 Å². The molecule has 1 atom stereocenters. The van der Waals surface area contributed by atoms with Gasteiger partial charge in [0, 0.05) is 18.0 Å². The fourth-order valence-electron chi connectivity index (χ4n) is 4.84. The number of nitrogens with zero attached hydrogens (tertiary/aromatic N) is 2. The van der Waals surface area contributed by atoms with E-state index in [0.717, 1.165) is 48.6 Å². The van der Waals surface area contributed by atoms with Gasteiger partial charge in [0.15, 0.2) is 0 Å². The van der Waals surface area contributed by atoms with Crippen molar-refractivity contribution in [3.63, 3.8) is 0 Å². The number of fused-ring (bicyclic) bond motifs is 1. The van der Waals surface area contributed by atoms with Gasteiger partial charge in [-0.2, -0.15) is 0 Å². The lowest BCUT2D eigenvalue weighted by Gasteiger charge is -2.32. The van der Waals surface area contributed by atoms with Crippen LogP contribution < -0.4 is 10.9 Å². The molecule has 2 amide bonds. The first-order valence-electron chi connectivity index (χ1n) is 11.0. The summed E-state index contributed by atoms with van der Waals surface area (Å²) in [6.07, 6.45) is 2.63. The van der Waals surface area contributed by atoms with Crippen molar-refractivity contribution >= 4 is 34.3 Å². The van der Waals surface area contributed by atoms with Gasteiger partial charge in [0.25, 0.3) is 11.5 Å². The average Bonchev–Trinajstić information content (AvgIpc) is 3.11. The lowest BCUT2D eigenvalue weighted by atomic mass is 9.89. The fourth-order valence-corrected chi connectivity index (χ4v) is 5.04. The highest BCUT2D eigenvalue weighted by molar-refractivity contribution is 6.31. The van der Waals surface area contributed by atoms with Gasteiger partial charge in [-0.15, -0.1) is 0 Å². The normalized spacial score (nSPS) is 20.6. The molecule has 3 heterocycles. The van der Waals surface area contributed by atoms with Gasteiger partial charge in [-0.25, -0.2) is 4.68 Å². The van der Waals surface area contributed by atoms with Crippen LogP contribution in [-0.4, -0.2) is 39.6 Å². The second-order valence-corrected chi connectivity index (χ2v) is 9.11. The highest BCUT2D eigenvalue weighted by Crippen LogP contribution is 2.31. The van der Waals surface area contributed by atoms with Gasteiger partial charge >= 0.3 is 0 Å². The van der Waals surface area contributed by atoms with Gasteiger partial charge in [-0.3, -0.25) is 29.7 Å². The molecule has 0 aliphatic carbocycles. The molecule has 32 heavy (non-hydrogen) atoms. The lowest BCUT2D eigenvalue weighted by Crippen LogP contribution is -2.44. The predicted molar refractivity (Wildman–Crippen MR) is 123 cm³/mol. The number of halogens is 1. The predicted octanol–water partition coefficient (Wildman–Crippen LogP) is 3.34. The molecule has 1 aromatic heterocycles. The first-order chi connectivity index (χ1) is 15.5. The summed E-state index contributed by atoms with van der Waals surface area (Å²) in [4.78, 5) is 38.9. The molecule has 8 heteroatoms. The maximum Gasteiger partial charge on any atom is 0.275 e. The molecular formula is C24H25ClN4O3. The molecule has 5 rings (SSSR count). The van der Waals surface area contributed by atoms with E-state index in [9.17, 15) is 14.4 Å². The number of hydrogen-bond acceptors (Lipinski definition) is 4. The quantitative estimate of drug-likeness (QED) is 0.594. The number of carbonyl (C=O) groups excluding carboxylic acids is 2. The molecule has 0 saturated carbocycles. The van der Waals surface area contributed by atoms with Crippen molar-refractivity contribution in [1.29, 1.82) is 0 Å². The van der Waals surface area contributed by atoms with Gasteiger partial charge in [0.2, 0.25) is 5.91 Å². The third-order valence-corrected chi connectivity index (χ3v) is 7.04. The second-order valence-electron chi connectivity index (χ2n) is 8.70. The van der Waals surface area contributed by atoms with Crippen molar-refractivity contribution in [3.8, 4) is 0 Å². The number of benzene rings is 2. The summed E-state index contributed by atoms with van der Waals surface area (Å²) >= 11 is 6.31. The van der Waals surface area contributed by atoms with Crippen LogP contribution in [0.5, 0.6) is 0 Å². The Balaban J connectivity index is 1.30. The van der Waals surface area contributed by atoms with E-state index in [1.807, 2.05) is 36.4 Å². The van der Waals surface area contributed by atoms with Gasteiger partial charge < -0.3 is 0 Å². The Bertz CT molecular complexity index is 1240. The molecule has 2 aliphatic rings. The lowest BCUT2D eigenvalue weighted by molar-refractivity contribution is -0.136. The van der Waals surface area contributed by atoms with Crippen LogP contribution in [0.2, 0.25) is 5.02 Å². The Morgan fingerprint density at radius 1 is 1.00 bits per heavy atom. The Morgan fingerprint density at radius 2 is 1.78 bits per heavy atom. The highest BCUT2D eigenvalue weighted by Gasteiger charge is 2.30. The number of likely N-dealkylation sites (tertiary alicyclic amines) is 1. The molecular weight excluding hydrogens is 428 g/mol. The number of amides is 2. The third kappa shape index (κ3) is 3.98. The van der Waals surface area contributed by atoms with Crippen LogP contribution in [0, 0.1) is 0 Å². The molecule has 7 nitrogen and oxygen atoms in total. The van der Waals surface area contributed by atoms with Gasteiger partial charge in [0.05, 0.1) is 10.9 Å².